The van der Waals surface area contributed by atoms with E-state index in [1.807, 2.05) is 6.07 Å². The molecule has 4 heteroatoms. The predicted molar refractivity (Wildman–Crippen MR) is 43.5 cm³/mol. The molecule has 1 atom stereocenters. The molecule has 0 saturated heterocycles. The number of benzene rings is 1. The molecule has 0 amide bonds. The average molecular weight is 182 g/mol. The van der Waals surface area contributed by atoms with E-state index in [0.29, 0.717) is 0 Å². The van der Waals surface area contributed by atoms with Crippen LogP contribution in [0.5, 0.6) is 0 Å². The molecule has 13 heavy (non-hydrogen) atoms. The lowest BCUT2D eigenvalue weighted by Gasteiger charge is -2.08. The zero-order valence-corrected chi connectivity index (χ0v) is 6.80. The van der Waals surface area contributed by atoms with Crippen LogP contribution in [0.1, 0.15) is 18.0 Å². The van der Waals surface area contributed by atoms with Crippen LogP contribution in [0.4, 0.5) is 8.78 Å². The van der Waals surface area contributed by atoms with E-state index in [2.05, 4.69) is 0 Å². The smallest absolute Gasteiger partial charge is 0.130 e. The van der Waals surface area contributed by atoms with Crippen molar-refractivity contribution < 1.29 is 8.78 Å². The second-order valence-corrected chi connectivity index (χ2v) is 2.63. The highest BCUT2D eigenvalue weighted by atomic mass is 19.1. The Kier molecular flexibility index (Phi) is 2.93. The van der Waals surface area contributed by atoms with Gasteiger partial charge in [-0.05, 0) is 6.07 Å². The fourth-order valence-corrected chi connectivity index (χ4v) is 1.01. The first kappa shape index (κ1) is 9.62. The fourth-order valence-electron chi connectivity index (χ4n) is 1.01. The molecule has 0 spiro atoms. The van der Waals surface area contributed by atoms with Crippen LogP contribution in [0.15, 0.2) is 18.2 Å². The van der Waals surface area contributed by atoms with Gasteiger partial charge in [-0.3, -0.25) is 0 Å². The molecule has 2 N–H and O–H groups in total. The van der Waals surface area contributed by atoms with Gasteiger partial charge in [0.25, 0.3) is 0 Å². The van der Waals surface area contributed by atoms with Gasteiger partial charge in [0.05, 0.1) is 12.5 Å². The van der Waals surface area contributed by atoms with Crippen LogP contribution in [-0.2, 0) is 0 Å². The van der Waals surface area contributed by atoms with Gasteiger partial charge < -0.3 is 5.73 Å². The number of nitrogens with two attached hydrogens (primary N) is 1. The molecule has 0 aliphatic rings. The van der Waals surface area contributed by atoms with E-state index in [9.17, 15) is 8.78 Å². The molecule has 0 fully saturated rings. The van der Waals surface area contributed by atoms with E-state index < -0.39 is 17.7 Å². The lowest BCUT2D eigenvalue weighted by Crippen LogP contribution is -2.11. The zero-order chi connectivity index (χ0) is 9.84. The highest BCUT2D eigenvalue weighted by molar-refractivity contribution is 5.22. The molecule has 0 radical (unpaired) electrons. The van der Waals surface area contributed by atoms with E-state index in [1.165, 1.54) is 6.07 Å². The van der Waals surface area contributed by atoms with Crippen molar-refractivity contribution in [3.05, 3.63) is 35.4 Å². The monoisotopic (exact) mass is 182 g/mol. The molecular formula is C9H8F2N2. The molecule has 1 rings (SSSR count). The summed E-state index contributed by atoms with van der Waals surface area (Å²) in [5.41, 5.74) is 5.64. The Balaban J connectivity index is 2.96. The summed E-state index contributed by atoms with van der Waals surface area (Å²) in [6, 6.07) is 4.27. The van der Waals surface area contributed by atoms with E-state index in [1.54, 1.807) is 0 Å². The predicted octanol–water partition coefficient (Wildman–Crippen LogP) is 1.88. The molecule has 0 unspecified atom stereocenters. The Bertz CT molecular complexity index is 344. The summed E-state index contributed by atoms with van der Waals surface area (Å²) >= 11 is 0. The first-order valence-electron chi connectivity index (χ1n) is 3.72. The number of hydrogen-bond donors (Lipinski definition) is 1. The summed E-state index contributed by atoms with van der Waals surface area (Å²) in [7, 11) is 0. The van der Waals surface area contributed by atoms with Crippen LogP contribution in [0.25, 0.3) is 0 Å². The maximum absolute atomic E-state index is 13.0. The molecule has 2 nitrogen and oxygen atoms in total. The largest absolute Gasteiger partial charge is 0.323 e. The van der Waals surface area contributed by atoms with Crippen LogP contribution in [-0.4, -0.2) is 0 Å². The first-order valence-corrected chi connectivity index (χ1v) is 3.72. The Morgan fingerprint density at radius 1 is 1.46 bits per heavy atom. The molecule has 0 aliphatic heterocycles. The molecule has 0 aromatic heterocycles. The van der Waals surface area contributed by atoms with Gasteiger partial charge in [0.2, 0.25) is 0 Å². The highest BCUT2D eigenvalue weighted by Gasteiger charge is 2.11. The van der Waals surface area contributed by atoms with Crippen molar-refractivity contribution in [2.75, 3.05) is 0 Å². The number of nitriles is 1. The second-order valence-electron chi connectivity index (χ2n) is 2.63. The van der Waals surface area contributed by atoms with Gasteiger partial charge >= 0.3 is 0 Å². The van der Waals surface area contributed by atoms with E-state index >= 15 is 0 Å². The summed E-state index contributed by atoms with van der Waals surface area (Å²) in [5, 5.41) is 8.32. The molecule has 68 valence electrons. The SMILES string of the molecule is N#CC[C@H](N)c1ccc(F)cc1F. The molecular weight excluding hydrogens is 174 g/mol. The molecule has 0 saturated carbocycles. The third-order valence-electron chi connectivity index (χ3n) is 1.67. The summed E-state index contributed by atoms with van der Waals surface area (Å²) in [5.74, 6) is -1.35. The molecule has 1 aromatic rings. The number of halogens is 2. The van der Waals surface area contributed by atoms with Gasteiger partial charge in [0.15, 0.2) is 0 Å². The summed E-state index contributed by atoms with van der Waals surface area (Å²) in [4.78, 5) is 0. The van der Waals surface area contributed by atoms with Crippen molar-refractivity contribution in [2.45, 2.75) is 12.5 Å². The van der Waals surface area contributed by atoms with Gasteiger partial charge in [0.1, 0.15) is 11.6 Å². The molecule has 1 aromatic carbocycles. The number of hydrogen-bond acceptors (Lipinski definition) is 2. The summed E-state index contributed by atoms with van der Waals surface area (Å²) < 4.78 is 25.4. The van der Waals surface area contributed by atoms with Crippen molar-refractivity contribution in [3.63, 3.8) is 0 Å². The van der Waals surface area contributed by atoms with Crippen molar-refractivity contribution in [3.8, 4) is 6.07 Å². The Morgan fingerprint density at radius 3 is 2.69 bits per heavy atom. The molecule has 0 heterocycles. The summed E-state index contributed by atoms with van der Waals surface area (Å²) in [6.07, 6.45) is 0.0164. The van der Waals surface area contributed by atoms with Crippen molar-refractivity contribution in [1.29, 1.82) is 5.26 Å². The van der Waals surface area contributed by atoms with Crippen LogP contribution in [0.3, 0.4) is 0 Å². The standard InChI is InChI=1S/C9H8F2N2/c10-6-1-2-7(8(11)5-6)9(13)3-4-12/h1-2,5,9H,3,13H2/t9-/m0/s1. The van der Waals surface area contributed by atoms with Crippen molar-refractivity contribution in [1.82, 2.24) is 0 Å². The first-order chi connectivity index (χ1) is 6.15. The normalized spacial score (nSPS) is 12.2. The lowest BCUT2D eigenvalue weighted by atomic mass is 10.0. The second kappa shape index (κ2) is 3.97. The number of nitrogens with zero attached hydrogens (tertiary/aromatic N) is 1. The third-order valence-corrected chi connectivity index (χ3v) is 1.67. The minimum Gasteiger partial charge on any atom is -0.323 e. The average Bonchev–Trinajstić information content (AvgIpc) is 2.04. The topological polar surface area (TPSA) is 49.8 Å². The van der Waals surface area contributed by atoms with Gasteiger partial charge in [-0.25, -0.2) is 8.78 Å². The number of rotatable bonds is 2. The Morgan fingerprint density at radius 2 is 2.15 bits per heavy atom. The third kappa shape index (κ3) is 2.23. The van der Waals surface area contributed by atoms with Gasteiger partial charge in [-0.2, -0.15) is 5.26 Å². The van der Waals surface area contributed by atoms with Gasteiger partial charge in [-0.1, -0.05) is 6.07 Å². The fraction of sp³-hybridized carbons (Fsp3) is 0.222. The maximum Gasteiger partial charge on any atom is 0.130 e. The maximum atomic E-state index is 13.0. The molecule has 0 aliphatic carbocycles. The quantitative estimate of drug-likeness (QED) is 0.759. The summed E-state index contributed by atoms with van der Waals surface area (Å²) in [6.45, 7) is 0. The van der Waals surface area contributed by atoms with Crippen LogP contribution in [0.2, 0.25) is 0 Å². The highest BCUT2D eigenvalue weighted by Crippen LogP contribution is 2.18. The van der Waals surface area contributed by atoms with Crippen LogP contribution < -0.4 is 5.73 Å². The lowest BCUT2D eigenvalue weighted by molar-refractivity contribution is 0.557. The van der Waals surface area contributed by atoms with Crippen LogP contribution >= 0.6 is 0 Å². The zero-order valence-electron chi connectivity index (χ0n) is 6.80. The van der Waals surface area contributed by atoms with E-state index in [-0.39, 0.29) is 12.0 Å². The Labute approximate surface area is 74.6 Å². The molecule has 0 bridgehead atoms. The van der Waals surface area contributed by atoms with Crippen molar-refractivity contribution >= 4 is 0 Å². The van der Waals surface area contributed by atoms with Gasteiger partial charge in [-0.15, -0.1) is 0 Å². The van der Waals surface area contributed by atoms with E-state index in [0.717, 1.165) is 12.1 Å². The van der Waals surface area contributed by atoms with Crippen molar-refractivity contribution in [2.24, 2.45) is 5.73 Å². The minimum atomic E-state index is -0.706. The van der Waals surface area contributed by atoms with Crippen LogP contribution in [0, 0.1) is 23.0 Å². The van der Waals surface area contributed by atoms with Gasteiger partial charge in [0, 0.05) is 17.7 Å². The van der Waals surface area contributed by atoms with E-state index in [4.69, 9.17) is 11.0 Å². The minimum absolute atomic E-state index is 0.0164. The Hall–Kier alpha value is -1.47.